The molecule has 0 spiro atoms. The molecule has 1 heterocycles. The van der Waals surface area contributed by atoms with E-state index < -0.39 is 17.5 Å². The number of carbonyl (C=O) groups excluding carboxylic acids is 2. The SMILES string of the molecule is C/C=C(/C)C(=O)O[C@]1(C)C(=O)O[C@H]2/C=C(\C)CC/C=C(\C)CC[C@H]21. The lowest BCUT2D eigenvalue weighted by atomic mass is 9.81. The first kappa shape index (κ1) is 18.5. The lowest BCUT2D eigenvalue weighted by molar-refractivity contribution is -0.170. The lowest BCUT2D eigenvalue weighted by Gasteiger charge is -2.29. The van der Waals surface area contributed by atoms with Crippen molar-refractivity contribution in [2.75, 3.05) is 0 Å². The Bertz CT molecular complexity index is 611. The van der Waals surface area contributed by atoms with E-state index in [0.29, 0.717) is 5.57 Å². The average molecular weight is 332 g/mol. The van der Waals surface area contributed by atoms with Gasteiger partial charge in [0.2, 0.25) is 5.60 Å². The number of ether oxygens (including phenoxy) is 2. The maximum absolute atomic E-state index is 12.5. The third-order valence-corrected chi connectivity index (χ3v) is 5.14. The fraction of sp³-hybridized carbons (Fsp3) is 0.600. The molecule has 1 saturated heterocycles. The van der Waals surface area contributed by atoms with Gasteiger partial charge in [0.25, 0.3) is 0 Å². The molecule has 0 unspecified atom stereocenters. The van der Waals surface area contributed by atoms with Gasteiger partial charge in [-0.2, -0.15) is 0 Å². The Kier molecular flexibility index (Phi) is 5.68. The van der Waals surface area contributed by atoms with E-state index in [9.17, 15) is 9.59 Å². The first-order chi connectivity index (χ1) is 11.3. The van der Waals surface area contributed by atoms with Crippen LogP contribution in [0.15, 0.2) is 34.9 Å². The Morgan fingerprint density at radius 3 is 2.71 bits per heavy atom. The monoisotopic (exact) mass is 332 g/mol. The van der Waals surface area contributed by atoms with Crippen LogP contribution in [0.1, 0.15) is 60.3 Å². The van der Waals surface area contributed by atoms with Crippen LogP contribution in [0.3, 0.4) is 0 Å². The standard InChI is InChI=1S/C20H28O4/c1-6-15(4)18(21)24-20(5)16-11-10-13(2)8-7-9-14(3)12-17(16)23-19(20)22/h6,8,12,16-17H,7,9-11H2,1-5H3/b13-8+,14-12+,15-6-/t16-,17+,20+/m1/s1. The van der Waals surface area contributed by atoms with Gasteiger partial charge in [-0.25, -0.2) is 9.59 Å². The number of fused-ring (bicyclic) bond motifs is 1. The molecule has 2 aliphatic rings. The molecule has 0 N–H and O–H groups in total. The predicted octanol–water partition coefficient (Wildman–Crippen LogP) is 4.26. The molecule has 4 nitrogen and oxygen atoms in total. The number of allylic oxidation sites excluding steroid dienone is 4. The Morgan fingerprint density at radius 1 is 1.33 bits per heavy atom. The van der Waals surface area contributed by atoms with E-state index in [2.05, 4.69) is 19.9 Å². The summed E-state index contributed by atoms with van der Waals surface area (Å²) in [5, 5.41) is 0. The van der Waals surface area contributed by atoms with Gasteiger partial charge in [-0.1, -0.05) is 23.3 Å². The molecule has 0 amide bonds. The minimum atomic E-state index is -1.23. The van der Waals surface area contributed by atoms with Gasteiger partial charge in [-0.15, -0.1) is 0 Å². The fourth-order valence-corrected chi connectivity index (χ4v) is 3.28. The van der Waals surface area contributed by atoms with Crippen LogP contribution < -0.4 is 0 Å². The molecular formula is C20H28O4. The average Bonchev–Trinajstić information content (AvgIpc) is 2.74. The molecule has 4 heteroatoms. The second kappa shape index (κ2) is 7.37. The summed E-state index contributed by atoms with van der Waals surface area (Å²) in [5.74, 6) is -1.07. The van der Waals surface area contributed by atoms with Crippen molar-refractivity contribution in [2.45, 2.75) is 72.0 Å². The fourth-order valence-electron chi connectivity index (χ4n) is 3.28. The molecule has 0 radical (unpaired) electrons. The zero-order valence-corrected chi connectivity index (χ0v) is 15.3. The van der Waals surface area contributed by atoms with E-state index in [-0.39, 0.29) is 12.0 Å². The zero-order valence-electron chi connectivity index (χ0n) is 15.3. The maximum Gasteiger partial charge on any atom is 0.351 e. The van der Waals surface area contributed by atoms with Gasteiger partial charge in [0.1, 0.15) is 6.10 Å². The van der Waals surface area contributed by atoms with Crippen molar-refractivity contribution in [3.63, 3.8) is 0 Å². The highest BCUT2D eigenvalue weighted by Gasteiger charge is 2.56. The molecule has 0 aromatic rings. The smallest absolute Gasteiger partial charge is 0.351 e. The van der Waals surface area contributed by atoms with Gasteiger partial charge in [-0.05, 0) is 66.4 Å². The third kappa shape index (κ3) is 3.80. The molecule has 0 aromatic heterocycles. The summed E-state index contributed by atoms with van der Waals surface area (Å²) in [7, 11) is 0. The molecule has 0 aromatic carbocycles. The van der Waals surface area contributed by atoms with E-state index in [1.807, 2.05) is 6.08 Å². The largest absolute Gasteiger partial charge is 0.455 e. The number of hydrogen-bond donors (Lipinski definition) is 0. The summed E-state index contributed by atoms with van der Waals surface area (Å²) in [6, 6.07) is 0. The van der Waals surface area contributed by atoms with Gasteiger partial charge in [0.05, 0.1) is 5.92 Å². The molecule has 1 aliphatic carbocycles. The quantitative estimate of drug-likeness (QED) is 0.431. The Balaban J connectivity index is 2.33. The van der Waals surface area contributed by atoms with E-state index in [1.54, 1.807) is 26.8 Å². The minimum absolute atomic E-state index is 0.171. The first-order valence-corrected chi connectivity index (χ1v) is 8.68. The van der Waals surface area contributed by atoms with Crippen LogP contribution in [0.25, 0.3) is 0 Å². The highest BCUT2D eigenvalue weighted by molar-refractivity contribution is 5.92. The van der Waals surface area contributed by atoms with Crippen LogP contribution in [0.5, 0.6) is 0 Å². The van der Waals surface area contributed by atoms with E-state index in [1.165, 1.54) is 11.1 Å². The number of esters is 2. The van der Waals surface area contributed by atoms with Crippen LogP contribution in [0.2, 0.25) is 0 Å². The van der Waals surface area contributed by atoms with Gasteiger partial charge in [-0.3, -0.25) is 0 Å². The molecule has 0 saturated carbocycles. The minimum Gasteiger partial charge on any atom is -0.455 e. The van der Waals surface area contributed by atoms with Crippen LogP contribution in [-0.2, 0) is 19.1 Å². The molecule has 1 aliphatic heterocycles. The van der Waals surface area contributed by atoms with Gasteiger partial charge >= 0.3 is 11.9 Å². The molecule has 2 rings (SSSR count). The molecule has 24 heavy (non-hydrogen) atoms. The molecular weight excluding hydrogens is 304 g/mol. The lowest BCUT2D eigenvalue weighted by Crippen LogP contribution is -2.43. The van der Waals surface area contributed by atoms with Crippen LogP contribution in [0.4, 0.5) is 0 Å². The van der Waals surface area contributed by atoms with Crippen LogP contribution >= 0.6 is 0 Å². The number of rotatable bonds is 2. The van der Waals surface area contributed by atoms with E-state index >= 15 is 0 Å². The Morgan fingerprint density at radius 2 is 2.04 bits per heavy atom. The summed E-state index contributed by atoms with van der Waals surface area (Å²) in [4.78, 5) is 24.8. The Labute approximate surface area is 144 Å². The zero-order chi connectivity index (χ0) is 17.9. The highest BCUT2D eigenvalue weighted by atomic mass is 16.6. The van der Waals surface area contributed by atoms with Crippen molar-refractivity contribution >= 4 is 11.9 Å². The summed E-state index contributed by atoms with van der Waals surface area (Å²) in [6.45, 7) is 9.32. The summed E-state index contributed by atoms with van der Waals surface area (Å²) in [5.41, 5.74) is 1.77. The number of hydrogen-bond acceptors (Lipinski definition) is 4. The van der Waals surface area contributed by atoms with Crippen molar-refractivity contribution in [3.8, 4) is 0 Å². The van der Waals surface area contributed by atoms with Crippen molar-refractivity contribution in [1.29, 1.82) is 0 Å². The summed E-state index contributed by atoms with van der Waals surface area (Å²) in [6.07, 6.45) is 9.22. The van der Waals surface area contributed by atoms with Gasteiger partial charge < -0.3 is 9.47 Å². The summed E-state index contributed by atoms with van der Waals surface area (Å²) >= 11 is 0. The van der Waals surface area contributed by atoms with Crippen LogP contribution in [0, 0.1) is 5.92 Å². The highest BCUT2D eigenvalue weighted by Crippen LogP contribution is 2.41. The second-order valence-corrected chi connectivity index (χ2v) is 7.09. The topological polar surface area (TPSA) is 52.6 Å². The van der Waals surface area contributed by atoms with E-state index in [4.69, 9.17) is 9.47 Å². The molecule has 3 atom stereocenters. The van der Waals surface area contributed by atoms with Gasteiger partial charge in [0.15, 0.2) is 0 Å². The Hall–Kier alpha value is -1.84. The molecule has 0 bridgehead atoms. The predicted molar refractivity (Wildman–Crippen MR) is 93.3 cm³/mol. The van der Waals surface area contributed by atoms with Crippen molar-refractivity contribution < 1.29 is 19.1 Å². The van der Waals surface area contributed by atoms with Crippen molar-refractivity contribution in [3.05, 3.63) is 34.9 Å². The third-order valence-electron chi connectivity index (χ3n) is 5.14. The number of carbonyl (C=O) groups is 2. The first-order valence-electron chi connectivity index (χ1n) is 8.68. The van der Waals surface area contributed by atoms with Gasteiger partial charge in [0, 0.05) is 5.57 Å². The molecule has 132 valence electrons. The van der Waals surface area contributed by atoms with Crippen molar-refractivity contribution in [1.82, 2.24) is 0 Å². The van der Waals surface area contributed by atoms with Crippen LogP contribution in [-0.4, -0.2) is 23.6 Å². The normalized spacial score (nSPS) is 35.9. The summed E-state index contributed by atoms with van der Waals surface area (Å²) < 4.78 is 11.2. The second-order valence-electron chi connectivity index (χ2n) is 7.09. The molecule has 1 fully saturated rings. The van der Waals surface area contributed by atoms with E-state index in [0.717, 1.165) is 25.7 Å². The van der Waals surface area contributed by atoms with Crippen molar-refractivity contribution in [2.24, 2.45) is 5.92 Å². The maximum atomic E-state index is 12.5.